The van der Waals surface area contributed by atoms with Crippen molar-refractivity contribution in [2.45, 2.75) is 6.18 Å². The molecule has 27 heavy (non-hydrogen) atoms. The first-order chi connectivity index (χ1) is 12.9. The zero-order chi connectivity index (χ0) is 19.3. The first-order valence-corrected chi connectivity index (χ1v) is 7.90. The van der Waals surface area contributed by atoms with E-state index in [4.69, 9.17) is 4.74 Å². The van der Waals surface area contributed by atoms with Crippen molar-refractivity contribution in [3.05, 3.63) is 66.5 Å². The lowest BCUT2D eigenvalue weighted by atomic mass is 10.2. The Balaban J connectivity index is 1.69. The Morgan fingerprint density at radius 1 is 1.07 bits per heavy atom. The zero-order valence-corrected chi connectivity index (χ0v) is 13.9. The highest BCUT2D eigenvalue weighted by molar-refractivity contribution is 6.02. The summed E-state index contributed by atoms with van der Waals surface area (Å²) < 4.78 is 41.7. The van der Waals surface area contributed by atoms with Crippen LogP contribution in [-0.4, -0.2) is 28.7 Å². The van der Waals surface area contributed by atoms with Crippen molar-refractivity contribution in [2.24, 2.45) is 0 Å². The predicted molar refractivity (Wildman–Crippen MR) is 95.2 cm³/mol. The lowest BCUT2D eigenvalue weighted by Crippen LogP contribution is -2.20. The van der Waals surface area contributed by atoms with Gasteiger partial charge in [-0.15, -0.1) is 0 Å². The second kappa shape index (κ2) is 7.86. The minimum Gasteiger partial charge on any atom is -0.482 e. The van der Waals surface area contributed by atoms with Gasteiger partial charge in [0.05, 0.1) is 28.6 Å². The van der Waals surface area contributed by atoms with E-state index >= 15 is 0 Å². The average molecular weight is 373 g/mol. The molecular formula is C19H14F3N3O2. The van der Waals surface area contributed by atoms with E-state index in [1.165, 1.54) is 36.5 Å². The SMILES string of the molecule is O=C(/C=C/c1cnc2ccccc2n1)Nc1ccccc1OCC(F)(F)F. The van der Waals surface area contributed by atoms with Crippen LogP contribution in [0.5, 0.6) is 5.75 Å². The van der Waals surface area contributed by atoms with Crippen LogP contribution in [0.4, 0.5) is 18.9 Å². The molecule has 0 spiro atoms. The Hall–Kier alpha value is -3.42. The summed E-state index contributed by atoms with van der Waals surface area (Å²) >= 11 is 0. The minimum atomic E-state index is -4.47. The van der Waals surface area contributed by atoms with E-state index in [1.54, 1.807) is 12.1 Å². The standard InChI is InChI=1S/C19H14F3N3O2/c20-19(21,22)12-27-17-8-4-3-7-16(17)25-18(26)10-9-13-11-23-14-5-1-2-6-15(14)24-13/h1-11H,12H2,(H,25,26)/b10-9+. The van der Waals surface area contributed by atoms with Crippen molar-refractivity contribution >= 4 is 28.7 Å². The number of fused-ring (bicyclic) bond motifs is 1. The van der Waals surface area contributed by atoms with Crippen molar-refractivity contribution < 1.29 is 22.7 Å². The molecule has 0 aliphatic carbocycles. The van der Waals surface area contributed by atoms with Gasteiger partial charge in [-0.25, -0.2) is 4.98 Å². The summed E-state index contributed by atoms with van der Waals surface area (Å²) in [6.07, 6.45) is -0.258. The lowest BCUT2D eigenvalue weighted by Gasteiger charge is -2.13. The number of benzene rings is 2. The number of aromatic nitrogens is 2. The molecule has 1 N–H and O–H groups in total. The molecule has 0 radical (unpaired) electrons. The van der Waals surface area contributed by atoms with Gasteiger partial charge in [0.1, 0.15) is 5.75 Å². The van der Waals surface area contributed by atoms with Crippen LogP contribution in [0.25, 0.3) is 17.1 Å². The topological polar surface area (TPSA) is 64.1 Å². The van der Waals surface area contributed by atoms with E-state index in [0.717, 1.165) is 5.52 Å². The van der Waals surface area contributed by atoms with Crippen LogP contribution in [0.15, 0.2) is 60.8 Å². The van der Waals surface area contributed by atoms with Crippen molar-refractivity contribution in [2.75, 3.05) is 11.9 Å². The van der Waals surface area contributed by atoms with Crippen LogP contribution in [0, 0.1) is 0 Å². The van der Waals surface area contributed by atoms with Crippen molar-refractivity contribution in [1.82, 2.24) is 9.97 Å². The second-order valence-corrected chi connectivity index (χ2v) is 5.51. The summed E-state index contributed by atoms with van der Waals surface area (Å²) in [7, 11) is 0. The van der Waals surface area contributed by atoms with Gasteiger partial charge in [-0.05, 0) is 30.3 Å². The third-order valence-corrected chi connectivity index (χ3v) is 3.41. The molecule has 0 saturated carbocycles. The number of para-hydroxylation sites is 4. The molecule has 0 aliphatic heterocycles. The quantitative estimate of drug-likeness (QED) is 0.680. The average Bonchev–Trinajstić information content (AvgIpc) is 2.65. The Bertz CT molecular complexity index is 987. The molecule has 8 heteroatoms. The van der Waals surface area contributed by atoms with E-state index in [0.29, 0.717) is 11.2 Å². The Kier molecular flexibility index (Phi) is 5.35. The minimum absolute atomic E-state index is 0.0675. The van der Waals surface area contributed by atoms with Gasteiger partial charge in [-0.1, -0.05) is 24.3 Å². The monoisotopic (exact) mass is 373 g/mol. The van der Waals surface area contributed by atoms with Crippen molar-refractivity contribution in [3.8, 4) is 5.75 Å². The first-order valence-electron chi connectivity index (χ1n) is 7.90. The molecule has 138 valence electrons. The van der Waals surface area contributed by atoms with Crippen LogP contribution < -0.4 is 10.1 Å². The molecule has 1 heterocycles. The molecule has 0 fully saturated rings. The normalized spacial score (nSPS) is 11.7. The van der Waals surface area contributed by atoms with Gasteiger partial charge in [-0.3, -0.25) is 9.78 Å². The number of nitrogens with one attached hydrogen (secondary N) is 1. The molecule has 3 aromatic rings. The second-order valence-electron chi connectivity index (χ2n) is 5.51. The van der Waals surface area contributed by atoms with Crippen LogP contribution in [0.3, 0.4) is 0 Å². The summed E-state index contributed by atoms with van der Waals surface area (Å²) in [6, 6.07) is 13.2. The fraction of sp³-hybridized carbons (Fsp3) is 0.105. The van der Waals surface area contributed by atoms with E-state index in [1.807, 2.05) is 18.2 Å². The highest BCUT2D eigenvalue weighted by Crippen LogP contribution is 2.26. The maximum atomic E-state index is 12.3. The number of carbonyl (C=O) groups is 1. The van der Waals surface area contributed by atoms with Crippen LogP contribution in [0.1, 0.15) is 5.69 Å². The number of anilines is 1. The van der Waals surface area contributed by atoms with Crippen molar-refractivity contribution in [1.29, 1.82) is 0 Å². The molecule has 0 saturated heterocycles. The Morgan fingerprint density at radius 3 is 2.56 bits per heavy atom. The summed E-state index contributed by atoms with van der Waals surface area (Å²) in [5.41, 5.74) is 2.03. The van der Waals surface area contributed by atoms with E-state index in [2.05, 4.69) is 15.3 Å². The number of carbonyl (C=O) groups excluding carboxylic acids is 1. The summed E-state index contributed by atoms with van der Waals surface area (Å²) in [4.78, 5) is 20.7. The van der Waals surface area contributed by atoms with Gasteiger partial charge < -0.3 is 10.1 Å². The lowest BCUT2D eigenvalue weighted by molar-refractivity contribution is -0.153. The molecule has 5 nitrogen and oxygen atoms in total. The third kappa shape index (κ3) is 5.27. The molecule has 2 aromatic carbocycles. The van der Waals surface area contributed by atoms with Gasteiger partial charge in [0, 0.05) is 6.08 Å². The third-order valence-electron chi connectivity index (χ3n) is 3.41. The first kappa shape index (κ1) is 18.4. The number of nitrogens with zero attached hydrogens (tertiary/aromatic N) is 2. The highest BCUT2D eigenvalue weighted by Gasteiger charge is 2.28. The largest absolute Gasteiger partial charge is 0.482 e. The Labute approximate surface area is 152 Å². The molecule has 0 bridgehead atoms. The smallest absolute Gasteiger partial charge is 0.422 e. The number of alkyl halides is 3. The number of amides is 1. The molecule has 0 aliphatic rings. The maximum Gasteiger partial charge on any atom is 0.422 e. The van der Waals surface area contributed by atoms with Crippen LogP contribution in [0.2, 0.25) is 0 Å². The molecule has 1 aromatic heterocycles. The number of halogens is 3. The molecule has 0 atom stereocenters. The Morgan fingerprint density at radius 2 is 1.78 bits per heavy atom. The van der Waals surface area contributed by atoms with Crippen LogP contribution in [-0.2, 0) is 4.79 Å². The zero-order valence-electron chi connectivity index (χ0n) is 13.9. The van der Waals surface area contributed by atoms with E-state index in [-0.39, 0.29) is 11.4 Å². The highest BCUT2D eigenvalue weighted by atomic mass is 19.4. The van der Waals surface area contributed by atoms with Gasteiger partial charge >= 0.3 is 6.18 Å². The summed E-state index contributed by atoms with van der Waals surface area (Å²) in [5.74, 6) is -0.602. The number of rotatable bonds is 5. The molecular weight excluding hydrogens is 359 g/mol. The molecule has 0 unspecified atom stereocenters. The van der Waals surface area contributed by atoms with Gasteiger partial charge in [0.15, 0.2) is 6.61 Å². The summed E-state index contributed by atoms with van der Waals surface area (Å²) in [5, 5.41) is 2.49. The van der Waals surface area contributed by atoms with E-state index in [9.17, 15) is 18.0 Å². The fourth-order valence-corrected chi connectivity index (χ4v) is 2.24. The number of hydrogen-bond acceptors (Lipinski definition) is 4. The van der Waals surface area contributed by atoms with Crippen LogP contribution >= 0.6 is 0 Å². The molecule has 3 rings (SSSR count). The van der Waals surface area contributed by atoms with Gasteiger partial charge in [-0.2, -0.15) is 13.2 Å². The van der Waals surface area contributed by atoms with Gasteiger partial charge in [0.25, 0.3) is 0 Å². The molecule has 1 amide bonds. The summed E-state index contributed by atoms with van der Waals surface area (Å²) in [6.45, 7) is -1.44. The maximum absolute atomic E-state index is 12.3. The fourth-order valence-electron chi connectivity index (χ4n) is 2.24. The van der Waals surface area contributed by atoms with E-state index < -0.39 is 18.7 Å². The number of ether oxygens (including phenoxy) is 1. The number of hydrogen-bond donors (Lipinski definition) is 1. The van der Waals surface area contributed by atoms with Gasteiger partial charge in [0.2, 0.25) is 5.91 Å². The predicted octanol–water partition coefficient (Wildman–Crippen LogP) is 4.22. The van der Waals surface area contributed by atoms with Crippen molar-refractivity contribution in [3.63, 3.8) is 0 Å².